The third-order valence-electron chi connectivity index (χ3n) is 3.51. The van der Waals surface area contributed by atoms with E-state index >= 15 is 0 Å². The first-order valence-electron chi connectivity index (χ1n) is 6.17. The minimum atomic E-state index is 0.676. The lowest BCUT2D eigenvalue weighted by molar-refractivity contribution is 0.126. The zero-order valence-corrected chi connectivity index (χ0v) is 10.1. The highest BCUT2D eigenvalue weighted by Crippen LogP contribution is 2.27. The lowest BCUT2D eigenvalue weighted by Gasteiger charge is -2.38. The molecule has 0 radical (unpaired) electrons. The third kappa shape index (κ3) is 3.52. The Kier molecular flexibility index (Phi) is 5.75. The molecule has 2 N–H and O–H groups in total. The number of hydrogen-bond acceptors (Lipinski definition) is 2. The molecule has 1 aliphatic carbocycles. The van der Waals surface area contributed by atoms with E-state index in [4.69, 9.17) is 5.73 Å². The Bertz CT molecular complexity index is 226. The number of hydrogen-bond donors (Lipinski definition) is 1. The summed E-state index contributed by atoms with van der Waals surface area (Å²) in [5.41, 5.74) is 5.85. The minimum absolute atomic E-state index is 0.676. The summed E-state index contributed by atoms with van der Waals surface area (Å²) in [6.07, 6.45) is 5.32. The molecule has 0 aromatic rings. The van der Waals surface area contributed by atoms with Gasteiger partial charge < -0.3 is 5.73 Å². The molecule has 2 unspecified atom stereocenters. The van der Waals surface area contributed by atoms with Crippen LogP contribution in [0.5, 0.6) is 0 Å². The Morgan fingerprint density at radius 3 is 2.67 bits per heavy atom. The smallest absolute Gasteiger partial charge is 0.0603 e. The maximum atomic E-state index is 5.85. The lowest BCUT2D eigenvalue weighted by Crippen LogP contribution is -2.45. The molecular formula is C13H24N2. The average Bonchev–Trinajstić information content (AvgIpc) is 2.30. The average molecular weight is 208 g/mol. The molecule has 2 nitrogen and oxygen atoms in total. The highest BCUT2D eigenvalue weighted by Gasteiger charge is 2.27. The van der Waals surface area contributed by atoms with E-state index in [9.17, 15) is 0 Å². The maximum Gasteiger partial charge on any atom is 0.0603 e. The molecule has 2 heteroatoms. The first-order chi connectivity index (χ1) is 7.33. The molecule has 1 saturated carbocycles. The van der Waals surface area contributed by atoms with Crippen LogP contribution in [0.4, 0.5) is 0 Å². The van der Waals surface area contributed by atoms with E-state index in [0.29, 0.717) is 12.0 Å². The van der Waals surface area contributed by atoms with E-state index < -0.39 is 0 Å². The summed E-state index contributed by atoms with van der Waals surface area (Å²) in [7, 11) is 0. The van der Waals surface area contributed by atoms with E-state index in [1.54, 1.807) is 0 Å². The fourth-order valence-electron chi connectivity index (χ4n) is 2.59. The molecular weight excluding hydrogens is 184 g/mol. The third-order valence-corrected chi connectivity index (χ3v) is 3.51. The number of rotatable bonds is 4. The molecule has 0 aromatic heterocycles. The molecule has 0 bridgehead atoms. The summed E-state index contributed by atoms with van der Waals surface area (Å²) >= 11 is 0. The number of nitrogens with two attached hydrogens (primary N) is 1. The van der Waals surface area contributed by atoms with E-state index in [1.807, 2.05) is 6.92 Å². The van der Waals surface area contributed by atoms with Crippen LogP contribution in [0.1, 0.15) is 39.5 Å². The summed E-state index contributed by atoms with van der Waals surface area (Å²) in [5, 5.41) is 0. The van der Waals surface area contributed by atoms with Gasteiger partial charge in [0.05, 0.1) is 6.54 Å². The molecule has 0 aromatic carbocycles. The van der Waals surface area contributed by atoms with Crippen LogP contribution in [0, 0.1) is 17.8 Å². The van der Waals surface area contributed by atoms with Crippen LogP contribution >= 0.6 is 0 Å². The van der Waals surface area contributed by atoms with Crippen molar-refractivity contribution in [3.8, 4) is 11.8 Å². The van der Waals surface area contributed by atoms with Crippen LogP contribution in [0.3, 0.4) is 0 Å². The summed E-state index contributed by atoms with van der Waals surface area (Å²) in [5.74, 6) is 6.85. The van der Waals surface area contributed by atoms with Crippen molar-refractivity contribution in [2.45, 2.75) is 45.6 Å². The van der Waals surface area contributed by atoms with Crippen LogP contribution in [0.2, 0.25) is 0 Å². The summed E-state index contributed by atoms with van der Waals surface area (Å²) in [6.45, 7) is 6.97. The quantitative estimate of drug-likeness (QED) is 0.714. The van der Waals surface area contributed by atoms with Crippen molar-refractivity contribution in [2.75, 3.05) is 19.6 Å². The van der Waals surface area contributed by atoms with Gasteiger partial charge in [0.15, 0.2) is 0 Å². The Balaban J connectivity index is 2.57. The SMILES string of the molecule is CC#CCN(CC)C1CCCCC1CN. The molecule has 2 atom stereocenters. The monoisotopic (exact) mass is 208 g/mol. The Hall–Kier alpha value is -0.520. The second kappa shape index (κ2) is 6.87. The predicted octanol–water partition coefficient (Wildman–Crippen LogP) is 1.85. The van der Waals surface area contributed by atoms with Crippen LogP contribution in [0.25, 0.3) is 0 Å². The molecule has 0 saturated heterocycles. The second-order valence-electron chi connectivity index (χ2n) is 4.34. The summed E-state index contributed by atoms with van der Waals surface area (Å²) in [4.78, 5) is 2.49. The van der Waals surface area contributed by atoms with E-state index in [-0.39, 0.29) is 0 Å². The molecule has 1 rings (SSSR count). The van der Waals surface area contributed by atoms with Crippen molar-refractivity contribution in [2.24, 2.45) is 11.7 Å². The van der Waals surface area contributed by atoms with Gasteiger partial charge in [-0.25, -0.2) is 0 Å². The summed E-state index contributed by atoms with van der Waals surface area (Å²) < 4.78 is 0. The second-order valence-corrected chi connectivity index (χ2v) is 4.34. The molecule has 15 heavy (non-hydrogen) atoms. The van der Waals surface area contributed by atoms with Gasteiger partial charge in [0.25, 0.3) is 0 Å². The summed E-state index contributed by atoms with van der Waals surface area (Å²) in [6, 6.07) is 0.676. The topological polar surface area (TPSA) is 29.3 Å². The van der Waals surface area contributed by atoms with E-state index in [2.05, 4.69) is 23.7 Å². The molecule has 0 amide bonds. The molecule has 0 spiro atoms. The van der Waals surface area contributed by atoms with Gasteiger partial charge in [-0.2, -0.15) is 0 Å². The van der Waals surface area contributed by atoms with Crippen molar-refractivity contribution in [3.63, 3.8) is 0 Å². The first kappa shape index (κ1) is 12.5. The Morgan fingerprint density at radius 1 is 1.33 bits per heavy atom. The molecule has 1 fully saturated rings. The van der Waals surface area contributed by atoms with E-state index in [0.717, 1.165) is 19.6 Å². The van der Waals surface area contributed by atoms with Crippen molar-refractivity contribution < 1.29 is 0 Å². The van der Waals surface area contributed by atoms with Crippen LogP contribution < -0.4 is 5.73 Å². The molecule has 86 valence electrons. The highest BCUT2D eigenvalue weighted by atomic mass is 15.2. The lowest BCUT2D eigenvalue weighted by atomic mass is 9.83. The van der Waals surface area contributed by atoms with Crippen molar-refractivity contribution in [1.29, 1.82) is 0 Å². The first-order valence-corrected chi connectivity index (χ1v) is 6.17. The van der Waals surface area contributed by atoms with Gasteiger partial charge in [0, 0.05) is 6.04 Å². The zero-order chi connectivity index (χ0) is 11.1. The van der Waals surface area contributed by atoms with Gasteiger partial charge in [0.2, 0.25) is 0 Å². The van der Waals surface area contributed by atoms with Gasteiger partial charge >= 0.3 is 0 Å². The predicted molar refractivity (Wildman–Crippen MR) is 65.5 cm³/mol. The van der Waals surface area contributed by atoms with Gasteiger partial charge in [-0.05, 0) is 38.8 Å². The normalized spacial score (nSPS) is 26.1. The van der Waals surface area contributed by atoms with Gasteiger partial charge in [-0.3, -0.25) is 4.90 Å². The van der Waals surface area contributed by atoms with Crippen LogP contribution in [-0.4, -0.2) is 30.6 Å². The van der Waals surface area contributed by atoms with Crippen molar-refractivity contribution >= 4 is 0 Å². The largest absolute Gasteiger partial charge is 0.330 e. The molecule has 1 aliphatic rings. The van der Waals surface area contributed by atoms with Crippen molar-refractivity contribution in [3.05, 3.63) is 0 Å². The fraction of sp³-hybridized carbons (Fsp3) is 0.846. The van der Waals surface area contributed by atoms with Gasteiger partial charge in [-0.15, -0.1) is 5.92 Å². The van der Waals surface area contributed by atoms with Crippen LogP contribution in [0.15, 0.2) is 0 Å². The standard InChI is InChI=1S/C13H24N2/c1-3-5-10-15(4-2)13-9-7-6-8-12(13)11-14/h12-13H,4,6-11,14H2,1-2H3. The van der Waals surface area contributed by atoms with Crippen LogP contribution in [-0.2, 0) is 0 Å². The Labute approximate surface area is 94.2 Å². The van der Waals surface area contributed by atoms with E-state index in [1.165, 1.54) is 25.7 Å². The van der Waals surface area contributed by atoms with Gasteiger partial charge in [0.1, 0.15) is 0 Å². The Morgan fingerprint density at radius 2 is 2.07 bits per heavy atom. The fourth-order valence-corrected chi connectivity index (χ4v) is 2.59. The maximum absolute atomic E-state index is 5.85. The zero-order valence-electron chi connectivity index (χ0n) is 10.1. The highest BCUT2D eigenvalue weighted by molar-refractivity contribution is 4.99. The molecule has 0 heterocycles. The number of nitrogens with zero attached hydrogens (tertiary/aromatic N) is 1. The molecule has 0 aliphatic heterocycles. The van der Waals surface area contributed by atoms with Crippen molar-refractivity contribution in [1.82, 2.24) is 4.90 Å². The minimum Gasteiger partial charge on any atom is -0.330 e. The van der Waals surface area contributed by atoms with Gasteiger partial charge in [-0.1, -0.05) is 25.7 Å².